The second kappa shape index (κ2) is 16.0. The second-order valence-corrected chi connectivity index (χ2v) is 18.6. The van der Waals surface area contributed by atoms with Crippen molar-refractivity contribution < 1.29 is 0 Å². The van der Waals surface area contributed by atoms with E-state index in [1.165, 1.54) is 79.4 Å². The zero-order valence-corrected chi connectivity index (χ0v) is 36.6. The van der Waals surface area contributed by atoms with Gasteiger partial charge in [-0.25, -0.2) is 0 Å². The molecule has 0 heterocycles. The summed E-state index contributed by atoms with van der Waals surface area (Å²) in [4.78, 5) is 5.28. The fourth-order valence-corrected chi connectivity index (χ4v) is 12.5. The fraction of sp³-hybridized carbons (Fsp3) is 0.194. The van der Waals surface area contributed by atoms with Crippen LogP contribution >= 0.6 is 0 Å². The van der Waals surface area contributed by atoms with Gasteiger partial charge in [-0.2, -0.15) is 0 Å². The van der Waals surface area contributed by atoms with E-state index in [0.29, 0.717) is 11.8 Å². The van der Waals surface area contributed by atoms with E-state index in [-0.39, 0.29) is 23.3 Å². The van der Waals surface area contributed by atoms with Gasteiger partial charge in [0.25, 0.3) is 0 Å². The Bertz CT molecular complexity index is 2980. The molecule has 0 bridgehead atoms. The molecule has 12 rings (SSSR count). The van der Waals surface area contributed by atoms with Crippen molar-refractivity contribution in [1.29, 1.82) is 0 Å². The number of fused-ring (bicyclic) bond motifs is 9. The lowest BCUT2D eigenvalue weighted by Gasteiger charge is -2.42. The molecule has 64 heavy (non-hydrogen) atoms. The van der Waals surface area contributed by atoms with Gasteiger partial charge in [-0.05, 0) is 131 Å². The Labute approximate surface area is 379 Å². The Hall–Kier alpha value is -6.90. The molecule has 6 atom stereocenters. The normalized spacial score (nSPS) is 24.6. The summed E-state index contributed by atoms with van der Waals surface area (Å²) in [6.45, 7) is 2.43. The maximum absolute atomic E-state index is 2.67. The largest absolute Gasteiger partial charge is 0.338 e. The maximum atomic E-state index is 2.67. The maximum Gasteiger partial charge on any atom is 0.0560 e. The molecular weight excluding hydrogens is 773 g/mol. The lowest BCUT2D eigenvalue weighted by Crippen LogP contribution is -2.40. The van der Waals surface area contributed by atoms with E-state index in [0.717, 1.165) is 25.7 Å². The molecule has 6 aromatic carbocycles. The van der Waals surface area contributed by atoms with E-state index in [4.69, 9.17) is 0 Å². The Kier molecular flexibility index (Phi) is 9.70. The third kappa shape index (κ3) is 6.14. The molecular formula is C62H54N2. The number of hydrogen-bond donors (Lipinski definition) is 0. The Balaban J connectivity index is 1.05. The van der Waals surface area contributed by atoms with Crippen molar-refractivity contribution in [3.8, 4) is 11.1 Å². The number of rotatable bonds is 8. The average Bonchev–Trinajstić information content (AvgIpc) is 3.83. The quantitative estimate of drug-likeness (QED) is 0.141. The molecule has 0 aromatic heterocycles. The highest BCUT2D eigenvalue weighted by molar-refractivity contribution is 5.93. The van der Waals surface area contributed by atoms with Crippen LogP contribution in [0.2, 0.25) is 0 Å². The smallest absolute Gasteiger partial charge is 0.0560 e. The Morgan fingerprint density at radius 1 is 0.578 bits per heavy atom. The van der Waals surface area contributed by atoms with Gasteiger partial charge in [-0.3, -0.25) is 0 Å². The minimum atomic E-state index is -0.340. The summed E-state index contributed by atoms with van der Waals surface area (Å²) in [5.74, 6) is 1.33. The number of nitrogens with zero attached hydrogens (tertiary/aromatic N) is 2. The molecule has 0 amide bonds. The molecule has 6 aromatic rings. The minimum absolute atomic E-state index is 0.140. The van der Waals surface area contributed by atoms with E-state index in [1.54, 1.807) is 5.57 Å². The van der Waals surface area contributed by atoms with Crippen molar-refractivity contribution in [2.45, 2.75) is 62.3 Å². The topological polar surface area (TPSA) is 6.48 Å². The number of para-hydroxylation sites is 2. The summed E-state index contributed by atoms with van der Waals surface area (Å²) in [6, 6.07) is 57.2. The van der Waals surface area contributed by atoms with Crippen LogP contribution in [0.1, 0.15) is 78.7 Å². The zero-order chi connectivity index (χ0) is 42.6. The summed E-state index contributed by atoms with van der Waals surface area (Å²) < 4.78 is 0. The number of hydrogen-bond acceptors (Lipinski definition) is 2. The van der Waals surface area contributed by atoms with Crippen LogP contribution in [0.25, 0.3) is 16.7 Å². The first kappa shape index (κ1) is 38.7. The lowest BCUT2D eigenvalue weighted by atomic mass is 9.63. The standard InChI is InChI=1S/C62H54N2/c1-43-21-11-12-30-50(43)53-32-15-18-37-59(53)64(47-27-9-4-10-28-47)60-38-20-36-57-61(60)54-33-14-17-35-56(54)62(57)55-34-16-13-31-51(55)52-40-39-49(42-58(52)62)63(46-25-7-3-8-26-46)48-29-19-24-45(41-48)44-22-5-2-6-23-44/h2-7,9-10,12-20,22-25,27-41,43,49-50,54,56H,8,11,21,26,42H2,1H3. The van der Waals surface area contributed by atoms with Gasteiger partial charge in [0, 0.05) is 40.5 Å². The molecule has 312 valence electrons. The van der Waals surface area contributed by atoms with Gasteiger partial charge in [0.2, 0.25) is 0 Å². The van der Waals surface area contributed by atoms with Gasteiger partial charge in [0.05, 0.1) is 17.1 Å². The molecule has 0 saturated carbocycles. The predicted octanol–water partition coefficient (Wildman–Crippen LogP) is 15.9. The fourth-order valence-electron chi connectivity index (χ4n) is 12.5. The van der Waals surface area contributed by atoms with E-state index in [1.807, 2.05) is 0 Å². The van der Waals surface area contributed by atoms with Crippen molar-refractivity contribution in [2.75, 3.05) is 9.80 Å². The molecule has 0 fully saturated rings. The summed E-state index contributed by atoms with van der Waals surface area (Å²) >= 11 is 0. The lowest BCUT2D eigenvalue weighted by molar-refractivity contribution is 0.439. The van der Waals surface area contributed by atoms with Crippen molar-refractivity contribution in [2.24, 2.45) is 11.8 Å². The van der Waals surface area contributed by atoms with Gasteiger partial charge in [0.1, 0.15) is 0 Å². The summed E-state index contributed by atoms with van der Waals surface area (Å²) in [5, 5.41) is 0. The third-order valence-electron chi connectivity index (χ3n) is 15.2. The van der Waals surface area contributed by atoms with Crippen LogP contribution in [0.3, 0.4) is 0 Å². The van der Waals surface area contributed by atoms with Gasteiger partial charge < -0.3 is 9.80 Å². The number of allylic oxidation sites excluding steroid dienone is 12. The van der Waals surface area contributed by atoms with Crippen molar-refractivity contribution in [1.82, 2.24) is 0 Å². The molecule has 6 unspecified atom stereocenters. The van der Waals surface area contributed by atoms with E-state index >= 15 is 0 Å². The molecule has 0 aliphatic heterocycles. The van der Waals surface area contributed by atoms with E-state index in [2.05, 4.69) is 235 Å². The highest BCUT2D eigenvalue weighted by Gasteiger charge is 2.59. The molecule has 6 aliphatic rings. The first-order valence-electron chi connectivity index (χ1n) is 23.6. The van der Waals surface area contributed by atoms with E-state index < -0.39 is 0 Å². The first-order valence-corrected chi connectivity index (χ1v) is 23.6. The predicted molar refractivity (Wildman–Crippen MR) is 268 cm³/mol. The van der Waals surface area contributed by atoms with Gasteiger partial charge in [-0.15, -0.1) is 0 Å². The summed E-state index contributed by atoms with van der Waals surface area (Å²) in [7, 11) is 0. The molecule has 6 aliphatic carbocycles. The Morgan fingerprint density at radius 2 is 1.31 bits per heavy atom. The summed E-state index contributed by atoms with van der Waals surface area (Å²) in [5.41, 5.74) is 18.6. The average molecular weight is 827 g/mol. The van der Waals surface area contributed by atoms with Gasteiger partial charge in [-0.1, -0.05) is 183 Å². The SMILES string of the molecule is CC1CCC=CC1c1ccccc1N(c1ccccc1)c1cccc2c1C1C=CC=CC1C21C2=C(C=CC(N(C3=CC=CCC3)c3cccc(-c4ccccc4)c3)C2)c2ccccc21. The van der Waals surface area contributed by atoms with Crippen molar-refractivity contribution >= 4 is 28.3 Å². The van der Waals surface area contributed by atoms with Crippen LogP contribution in [-0.4, -0.2) is 6.04 Å². The zero-order valence-electron chi connectivity index (χ0n) is 36.6. The molecule has 0 radical (unpaired) electrons. The van der Waals surface area contributed by atoms with Crippen LogP contribution in [0.4, 0.5) is 22.7 Å². The van der Waals surface area contributed by atoms with Crippen LogP contribution in [0, 0.1) is 11.8 Å². The Morgan fingerprint density at radius 3 is 2.17 bits per heavy atom. The minimum Gasteiger partial charge on any atom is -0.338 e. The number of benzene rings is 6. The molecule has 0 N–H and O–H groups in total. The molecule has 1 spiro atoms. The summed E-state index contributed by atoms with van der Waals surface area (Å²) in [6.07, 6.45) is 31.9. The van der Waals surface area contributed by atoms with Crippen LogP contribution < -0.4 is 9.80 Å². The van der Waals surface area contributed by atoms with Gasteiger partial charge in [0.15, 0.2) is 0 Å². The second-order valence-electron chi connectivity index (χ2n) is 18.6. The van der Waals surface area contributed by atoms with E-state index in [9.17, 15) is 0 Å². The van der Waals surface area contributed by atoms with Crippen LogP contribution in [0.15, 0.2) is 230 Å². The molecule has 2 heteroatoms. The molecule has 2 nitrogen and oxygen atoms in total. The number of anilines is 4. The molecule has 0 saturated heterocycles. The van der Waals surface area contributed by atoms with Gasteiger partial charge >= 0.3 is 0 Å². The van der Waals surface area contributed by atoms with Crippen molar-refractivity contribution in [3.63, 3.8) is 0 Å². The first-order chi connectivity index (χ1) is 31.7. The van der Waals surface area contributed by atoms with Crippen molar-refractivity contribution in [3.05, 3.63) is 258 Å². The highest BCUT2D eigenvalue weighted by Crippen LogP contribution is 2.68. The van der Waals surface area contributed by atoms with Crippen LogP contribution in [-0.2, 0) is 5.41 Å². The third-order valence-corrected chi connectivity index (χ3v) is 15.2. The monoisotopic (exact) mass is 826 g/mol. The highest BCUT2D eigenvalue weighted by atomic mass is 15.2. The van der Waals surface area contributed by atoms with Crippen LogP contribution in [0.5, 0.6) is 0 Å².